The van der Waals surface area contributed by atoms with Gasteiger partial charge in [0.25, 0.3) is 0 Å². The van der Waals surface area contributed by atoms with Crippen LogP contribution in [-0.4, -0.2) is 24.6 Å². The second-order valence-electron chi connectivity index (χ2n) is 7.89. The summed E-state index contributed by atoms with van der Waals surface area (Å²) >= 11 is 0. The molecule has 1 aliphatic carbocycles. The predicted octanol–water partition coefficient (Wildman–Crippen LogP) is 5.40. The van der Waals surface area contributed by atoms with E-state index in [2.05, 4.69) is 59.1 Å². The Morgan fingerprint density at radius 3 is 2.48 bits per heavy atom. The highest BCUT2D eigenvalue weighted by atomic mass is 16.5. The molecular weight excluding hydrogens is 332 g/mol. The summed E-state index contributed by atoms with van der Waals surface area (Å²) in [4.78, 5) is 6.28. The van der Waals surface area contributed by atoms with E-state index in [9.17, 15) is 0 Å². The summed E-state index contributed by atoms with van der Waals surface area (Å²) in [6, 6.07) is 19.0. The maximum Gasteiger partial charge on any atom is 0.187 e. The average molecular weight is 361 g/mol. The van der Waals surface area contributed by atoms with E-state index in [-0.39, 0.29) is 5.60 Å². The van der Waals surface area contributed by atoms with Crippen LogP contribution in [0.1, 0.15) is 37.3 Å². The highest BCUT2D eigenvalue weighted by Crippen LogP contribution is 2.52. The summed E-state index contributed by atoms with van der Waals surface area (Å²) in [6.45, 7) is 13.4. The Morgan fingerprint density at radius 1 is 1.07 bits per heavy atom. The number of rotatable bonds is 5. The fourth-order valence-electron chi connectivity index (χ4n) is 5.34. The molecule has 1 saturated heterocycles. The number of ether oxygens (including phenoxy) is 1. The molecular formula is C24H28N2O. The lowest BCUT2D eigenvalue weighted by Gasteiger charge is -2.56. The number of fused-ring (bicyclic) bond motifs is 2. The highest BCUT2D eigenvalue weighted by molar-refractivity contribution is 5.48. The number of benzene rings is 2. The molecule has 2 aromatic rings. The molecule has 2 aromatic carbocycles. The largest absolute Gasteiger partial charge is 0.370 e. The Balaban J connectivity index is 1.66. The molecule has 1 aliphatic heterocycles. The molecule has 0 aromatic heterocycles. The second-order valence-corrected chi connectivity index (χ2v) is 7.89. The minimum atomic E-state index is -0.235. The fourth-order valence-corrected chi connectivity index (χ4v) is 5.34. The molecule has 0 spiro atoms. The maximum atomic E-state index is 7.41. The molecule has 0 N–H and O–H groups in total. The zero-order valence-electron chi connectivity index (χ0n) is 16.1. The quantitative estimate of drug-likeness (QED) is 0.664. The average Bonchev–Trinajstić information content (AvgIpc) is 2.69. The van der Waals surface area contributed by atoms with Crippen molar-refractivity contribution in [3.8, 4) is 0 Å². The zero-order chi connectivity index (χ0) is 18.7. The van der Waals surface area contributed by atoms with Crippen LogP contribution in [0.5, 0.6) is 0 Å². The number of likely N-dealkylation sites (tertiary alicyclic amines) is 1. The lowest BCUT2D eigenvalue weighted by molar-refractivity contribution is -0.184. The topological polar surface area (TPSA) is 16.8 Å². The molecule has 1 saturated carbocycles. The van der Waals surface area contributed by atoms with Gasteiger partial charge in [0.15, 0.2) is 5.69 Å². The standard InChI is InChI=1S/C24H28N2O/c1-3-27-24(20-11-8-14-23(15-20)25-2)21-12-7-13-22(24)18-26(17-21)16-19-9-5-4-6-10-19/h4-6,8-11,14-15,21-22H,3,7,12-13,16-18H2,1H3. The predicted molar refractivity (Wildman–Crippen MR) is 109 cm³/mol. The van der Waals surface area contributed by atoms with Gasteiger partial charge in [-0.25, -0.2) is 4.85 Å². The molecule has 27 heavy (non-hydrogen) atoms. The van der Waals surface area contributed by atoms with Gasteiger partial charge in [-0.3, -0.25) is 4.90 Å². The van der Waals surface area contributed by atoms with Crippen LogP contribution in [0.2, 0.25) is 0 Å². The summed E-state index contributed by atoms with van der Waals surface area (Å²) in [6.07, 6.45) is 3.68. The molecule has 2 bridgehead atoms. The Bertz CT molecular complexity index is 797. The minimum Gasteiger partial charge on any atom is -0.370 e. The molecule has 2 atom stereocenters. The first kappa shape index (κ1) is 18.2. The smallest absolute Gasteiger partial charge is 0.187 e. The van der Waals surface area contributed by atoms with Gasteiger partial charge in [0.05, 0.1) is 12.2 Å². The van der Waals surface area contributed by atoms with Crippen LogP contribution in [-0.2, 0) is 16.9 Å². The first-order chi connectivity index (χ1) is 13.3. The van der Waals surface area contributed by atoms with Crippen LogP contribution < -0.4 is 0 Å². The number of nitrogens with zero attached hydrogens (tertiary/aromatic N) is 2. The number of piperidine rings is 1. The molecule has 2 unspecified atom stereocenters. The van der Waals surface area contributed by atoms with Gasteiger partial charge in [0.2, 0.25) is 0 Å². The van der Waals surface area contributed by atoms with E-state index in [1.165, 1.54) is 30.4 Å². The van der Waals surface area contributed by atoms with Crippen molar-refractivity contribution in [2.75, 3.05) is 19.7 Å². The summed E-state index contributed by atoms with van der Waals surface area (Å²) in [7, 11) is 0. The first-order valence-electron chi connectivity index (χ1n) is 10.1. The monoisotopic (exact) mass is 360 g/mol. The van der Waals surface area contributed by atoms with Gasteiger partial charge in [0, 0.05) is 38.1 Å². The van der Waals surface area contributed by atoms with Crippen molar-refractivity contribution in [3.63, 3.8) is 0 Å². The van der Waals surface area contributed by atoms with Gasteiger partial charge in [-0.15, -0.1) is 0 Å². The third-order valence-corrected chi connectivity index (χ3v) is 6.33. The van der Waals surface area contributed by atoms with Gasteiger partial charge in [0.1, 0.15) is 0 Å². The van der Waals surface area contributed by atoms with Gasteiger partial charge in [-0.2, -0.15) is 0 Å². The van der Waals surface area contributed by atoms with Gasteiger partial charge in [-0.05, 0) is 30.9 Å². The molecule has 1 heterocycles. The van der Waals surface area contributed by atoms with Gasteiger partial charge >= 0.3 is 0 Å². The summed E-state index contributed by atoms with van der Waals surface area (Å²) < 4.78 is 6.59. The molecule has 140 valence electrons. The second kappa shape index (κ2) is 7.84. The molecule has 2 aliphatic rings. The van der Waals surface area contributed by atoms with E-state index in [0.29, 0.717) is 18.4 Å². The van der Waals surface area contributed by atoms with E-state index >= 15 is 0 Å². The van der Waals surface area contributed by atoms with E-state index in [4.69, 9.17) is 11.3 Å². The van der Waals surface area contributed by atoms with E-state index in [0.717, 1.165) is 25.3 Å². The lowest BCUT2D eigenvalue weighted by atomic mass is 9.62. The zero-order valence-corrected chi connectivity index (χ0v) is 16.1. The third-order valence-electron chi connectivity index (χ3n) is 6.33. The summed E-state index contributed by atoms with van der Waals surface area (Å²) in [5.74, 6) is 0.962. The molecule has 3 heteroatoms. The van der Waals surface area contributed by atoms with Crippen molar-refractivity contribution in [1.29, 1.82) is 0 Å². The molecule has 0 radical (unpaired) electrons. The molecule has 4 rings (SSSR count). The summed E-state index contributed by atoms with van der Waals surface area (Å²) in [5, 5.41) is 0. The minimum absolute atomic E-state index is 0.235. The normalized spacial score (nSPS) is 27.9. The van der Waals surface area contributed by atoms with Crippen LogP contribution in [0.15, 0.2) is 54.6 Å². The SMILES string of the molecule is [C-]#[N+]c1cccc(C2(OCC)C3CCCC2CN(Cc2ccccc2)C3)c1. The number of hydrogen-bond donors (Lipinski definition) is 0. The molecule has 0 amide bonds. The van der Waals surface area contributed by atoms with E-state index in [1.807, 2.05) is 12.1 Å². The van der Waals surface area contributed by atoms with Crippen LogP contribution in [0.4, 0.5) is 5.69 Å². The van der Waals surface area contributed by atoms with Gasteiger partial charge in [-0.1, -0.05) is 61.0 Å². The molecule has 3 nitrogen and oxygen atoms in total. The maximum absolute atomic E-state index is 7.41. The van der Waals surface area contributed by atoms with Crippen molar-refractivity contribution in [2.45, 2.75) is 38.3 Å². The number of hydrogen-bond acceptors (Lipinski definition) is 2. The Hall–Kier alpha value is -2.15. The fraction of sp³-hybridized carbons (Fsp3) is 0.458. The van der Waals surface area contributed by atoms with Crippen LogP contribution >= 0.6 is 0 Å². The van der Waals surface area contributed by atoms with E-state index < -0.39 is 0 Å². The van der Waals surface area contributed by atoms with Crippen LogP contribution in [0, 0.1) is 18.4 Å². The first-order valence-corrected chi connectivity index (χ1v) is 10.1. The Kier molecular flexibility index (Phi) is 5.29. The van der Waals surface area contributed by atoms with Crippen molar-refractivity contribution < 1.29 is 4.74 Å². The van der Waals surface area contributed by atoms with Crippen LogP contribution in [0.3, 0.4) is 0 Å². The Labute approximate surface area is 162 Å². The van der Waals surface area contributed by atoms with Crippen molar-refractivity contribution in [3.05, 3.63) is 77.1 Å². The van der Waals surface area contributed by atoms with Gasteiger partial charge < -0.3 is 4.74 Å². The summed E-state index contributed by atoms with van der Waals surface area (Å²) in [5.41, 5.74) is 3.08. The third kappa shape index (κ3) is 3.40. The Morgan fingerprint density at radius 2 is 1.81 bits per heavy atom. The molecule has 2 fully saturated rings. The van der Waals surface area contributed by atoms with E-state index in [1.54, 1.807) is 0 Å². The van der Waals surface area contributed by atoms with Crippen molar-refractivity contribution in [1.82, 2.24) is 4.90 Å². The lowest BCUT2D eigenvalue weighted by Crippen LogP contribution is -2.59. The highest BCUT2D eigenvalue weighted by Gasteiger charge is 2.53. The van der Waals surface area contributed by atoms with Crippen molar-refractivity contribution >= 4 is 5.69 Å². The van der Waals surface area contributed by atoms with Crippen molar-refractivity contribution in [2.24, 2.45) is 11.8 Å². The van der Waals surface area contributed by atoms with Crippen LogP contribution in [0.25, 0.3) is 4.85 Å².